The monoisotopic (exact) mass is 1280 g/mol. The summed E-state index contributed by atoms with van der Waals surface area (Å²) in [6.07, 6.45) is 41.8. The summed E-state index contributed by atoms with van der Waals surface area (Å²) in [5.74, 6) is 0.0940. The van der Waals surface area contributed by atoms with Gasteiger partial charge < -0.3 is 33.8 Å². The number of carbonyl (C=O) groups is 4. The van der Waals surface area contributed by atoms with Crippen molar-refractivity contribution in [2.75, 3.05) is 39.6 Å². The molecule has 0 fully saturated rings. The van der Waals surface area contributed by atoms with Crippen LogP contribution in [0.5, 0.6) is 0 Å². The lowest BCUT2D eigenvalue weighted by Gasteiger charge is -2.21. The van der Waals surface area contributed by atoms with Gasteiger partial charge in [0.15, 0.2) is 12.2 Å². The summed E-state index contributed by atoms with van der Waals surface area (Å²) >= 11 is 0. The highest BCUT2D eigenvalue weighted by Crippen LogP contribution is 2.45. The van der Waals surface area contributed by atoms with Crippen molar-refractivity contribution >= 4 is 39.5 Å². The zero-order chi connectivity index (χ0) is 64.5. The maximum Gasteiger partial charge on any atom is 0.472 e. The van der Waals surface area contributed by atoms with Gasteiger partial charge in [-0.25, -0.2) is 9.13 Å². The minimum Gasteiger partial charge on any atom is -0.462 e. The fourth-order valence-corrected chi connectivity index (χ4v) is 11.8. The van der Waals surface area contributed by atoms with Gasteiger partial charge in [0.25, 0.3) is 0 Å². The summed E-state index contributed by atoms with van der Waals surface area (Å²) < 4.78 is 68.1. The van der Waals surface area contributed by atoms with Crippen LogP contribution in [0.3, 0.4) is 0 Å². The number of unbranched alkanes of at least 4 members (excludes halogenated alkanes) is 34. The smallest absolute Gasteiger partial charge is 0.462 e. The highest BCUT2D eigenvalue weighted by Gasteiger charge is 2.30. The molecule has 0 aliphatic heterocycles. The molecule has 0 aromatic rings. The SMILES string of the molecule is CCCCCCCCCCCC(=O)OC[C@H](COP(=O)(O)OC[C@H](O)COP(=O)(O)OC[C@@H](COC(=O)CCCCCCCCCCCC(C)C)OC(=O)CCCCCCCCCCCCCCCC(C)C)OC(=O)CCCCCCCCCC(C)C. The minimum atomic E-state index is -4.95. The number of ether oxygens (including phenoxy) is 4. The second-order valence-corrected chi connectivity index (χ2v) is 28.9. The van der Waals surface area contributed by atoms with Gasteiger partial charge >= 0.3 is 39.5 Å². The van der Waals surface area contributed by atoms with E-state index in [-0.39, 0.29) is 25.7 Å². The van der Waals surface area contributed by atoms with E-state index in [1.54, 1.807) is 0 Å². The highest BCUT2D eigenvalue weighted by molar-refractivity contribution is 7.47. The van der Waals surface area contributed by atoms with Crippen molar-refractivity contribution in [2.24, 2.45) is 17.8 Å². The van der Waals surface area contributed by atoms with Crippen molar-refractivity contribution in [3.05, 3.63) is 0 Å². The molecular weight excluding hydrogens is 1150 g/mol. The Morgan fingerprint density at radius 1 is 0.310 bits per heavy atom. The van der Waals surface area contributed by atoms with E-state index >= 15 is 0 Å². The second kappa shape index (κ2) is 59.1. The number of phosphoric ester groups is 2. The quantitative estimate of drug-likeness (QED) is 0.0222. The Labute approximate surface area is 530 Å². The molecule has 0 aliphatic rings. The average Bonchev–Trinajstić information content (AvgIpc) is 3.69. The zero-order valence-corrected chi connectivity index (χ0v) is 58.3. The van der Waals surface area contributed by atoms with Crippen LogP contribution in [0.1, 0.15) is 337 Å². The van der Waals surface area contributed by atoms with Crippen LogP contribution in [0.15, 0.2) is 0 Å². The third-order valence-electron chi connectivity index (χ3n) is 15.6. The van der Waals surface area contributed by atoms with Gasteiger partial charge in [0.05, 0.1) is 26.4 Å². The van der Waals surface area contributed by atoms with Gasteiger partial charge in [-0.05, 0) is 43.4 Å². The van der Waals surface area contributed by atoms with E-state index in [0.29, 0.717) is 31.6 Å². The van der Waals surface area contributed by atoms with Crippen LogP contribution in [0, 0.1) is 17.8 Å². The van der Waals surface area contributed by atoms with E-state index < -0.39 is 97.5 Å². The Morgan fingerprint density at radius 3 is 0.782 bits per heavy atom. The van der Waals surface area contributed by atoms with E-state index in [1.165, 1.54) is 148 Å². The van der Waals surface area contributed by atoms with Gasteiger partial charge in [-0.1, -0.05) is 286 Å². The Bertz CT molecular complexity index is 1720. The van der Waals surface area contributed by atoms with Crippen LogP contribution in [0.25, 0.3) is 0 Å². The molecular formula is C68H132O17P2. The molecule has 5 atom stereocenters. The number of aliphatic hydroxyl groups is 1. The lowest BCUT2D eigenvalue weighted by molar-refractivity contribution is -0.161. The number of esters is 4. The first-order chi connectivity index (χ1) is 41.7. The van der Waals surface area contributed by atoms with Crippen LogP contribution in [-0.4, -0.2) is 96.7 Å². The molecule has 0 radical (unpaired) electrons. The Morgan fingerprint density at radius 2 is 0.529 bits per heavy atom. The Balaban J connectivity index is 5.23. The van der Waals surface area contributed by atoms with Crippen molar-refractivity contribution in [1.29, 1.82) is 0 Å². The van der Waals surface area contributed by atoms with Crippen molar-refractivity contribution in [2.45, 2.75) is 356 Å². The molecule has 0 heterocycles. The molecule has 516 valence electrons. The van der Waals surface area contributed by atoms with E-state index in [1.807, 2.05) is 0 Å². The number of hydrogen-bond donors (Lipinski definition) is 3. The summed E-state index contributed by atoms with van der Waals surface area (Å²) in [6.45, 7) is 11.8. The summed E-state index contributed by atoms with van der Waals surface area (Å²) in [4.78, 5) is 72.4. The number of rotatable bonds is 66. The fraction of sp³-hybridized carbons (Fsp3) is 0.941. The molecule has 0 amide bonds. The van der Waals surface area contributed by atoms with E-state index in [4.69, 9.17) is 37.0 Å². The molecule has 0 rings (SSSR count). The van der Waals surface area contributed by atoms with E-state index in [2.05, 4.69) is 48.5 Å². The van der Waals surface area contributed by atoms with Crippen molar-refractivity contribution in [1.82, 2.24) is 0 Å². The van der Waals surface area contributed by atoms with Crippen LogP contribution in [-0.2, 0) is 65.4 Å². The highest BCUT2D eigenvalue weighted by atomic mass is 31.2. The van der Waals surface area contributed by atoms with Crippen LogP contribution < -0.4 is 0 Å². The normalized spacial score (nSPS) is 14.3. The van der Waals surface area contributed by atoms with Crippen molar-refractivity contribution in [3.8, 4) is 0 Å². The first-order valence-corrected chi connectivity index (χ1v) is 38.3. The summed E-state index contributed by atoms with van der Waals surface area (Å²) in [7, 11) is -9.89. The van der Waals surface area contributed by atoms with Crippen LogP contribution in [0.2, 0.25) is 0 Å². The van der Waals surface area contributed by atoms with Gasteiger partial charge in [0.1, 0.15) is 19.3 Å². The molecule has 0 aliphatic carbocycles. The summed E-state index contributed by atoms with van der Waals surface area (Å²) in [5.41, 5.74) is 0. The third-order valence-corrected chi connectivity index (χ3v) is 17.5. The maximum atomic E-state index is 13.0. The lowest BCUT2D eigenvalue weighted by Crippen LogP contribution is -2.30. The van der Waals surface area contributed by atoms with E-state index in [0.717, 1.165) is 102 Å². The van der Waals surface area contributed by atoms with Gasteiger partial charge in [-0.2, -0.15) is 0 Å². The first kappa shape index (κ1) is 85.1. The fourth-order valence-electron chi connectivity index (χ4n) is 10.2. The number of phosphoric acid groups is 2. The predicted octanol–water partition coefficient (Wildman–Crippen LogP) is 19.1. The lowest BCUT2D eigenvalue weighted by atomic mass is 10.0. The van der Waals surface area contributed by atoms with Gasteiger partial charge in [0.2, 0.25) is 0 Å². The maximum absolute atomic E-state index is 13.0. The number of carbonyl (C=O) groups excluding carboxylic acids is 4. The molecule has 0 aromatic carbocycles. The number of aliphatic hydroxyl groups excluding tert-OH is 1. The van der Waals surface area contributed by atoms with Crippen molar-refractivity contribution in [3.63, 3.8) is 0 Å². The topological polar surface area (TPSA) is 237 Å². The molecule has 19 heteroatoms. The zero-order valence-electron chi connectivity index (χ0n) is 56.5. The predicted molar refractivity (Wildman–Crippen MR) is 349 cm³/mol. The van der Waals surface area contributed by atoms with Crippen LogP contribution >= 0.6 is 15.6 Å². The minimum absolute atomic E-state index is 0.103. The van der Waals surface area contributed by atoms with Crippen molar-refractivity contribution < 1.29 is 80.2 Å². The molecule has 0 spiro atoms. The van der Waals surface area contributed by atoms with Gasteiger partial charge in [-0.15, -0.1) is 0 Å². The second-order valence-electron chi connectivity index (χ2n) is 26.0. The molecule has 0 saturated carbocycles. The van der Waals surface area contributed by atoms with Gasteiger partial charge in [0, 0.05) is 25.7 Å². The van der Waals surface area contributed by atoms with E-state index in [9.17, 15) is 43.2 Å². The summed E-state index contributed by atoms with van der Waals surface area (Å²) in [6, 6.07) is 0. The number of hydrogen-bond acceptors (Lipinski definition) is 15. The molecule has 0 bridgehead atoms. The van der Waals surface area contributed by atoms with Gasteiger partial charge in [-0.3, -0.25) is 37.3 Å². The molecule has 17 nitrogen and oxygen atoms in total. The molecule has 0 aromatic heterocycles. The summed E-state index contributed by atoms with van der Waals surface area (Å²) in [5, 5.41) is 10.6. The molecule has 3 N–H and O–H groups in total. The standard InChI is InChI=1S/C68H132O17P2/c1-8-9-10-11-12-19-28-35-42-49-65(70)78-56-64(85-68(73)52-45-38-31-24-27-34-41-48-61(6)7)58-83-87(76,77)81-54-62(69)53-80-86(74,75)82-57-63(55-79-66(71)50-43-36-29-23-18-21-26-33-40-47-60(4)5)84-67(72)51-44-37-30-22-17-15-13-14-16-20-25-32-39-46-59(2)3/h59-64,69H,8-58H2,1-7H3,(H,74,75)(H,76,77)/t62-,63-,64-/m1/s1. The molecule has 2 unspecified atom stereocenters. The first-order valence-electron chi connectivity index (χ1n) is 35.3. The molecule has 0 saturated heterocycles. The van der Waals surface area contributed by atoms with Crippen LogP contribution in [0.4, 0.5) is 0 Å². The Hall–Kier alpha value is -1.94. The Kier molecular flexibility index (Phi) is 57.8. The average molecular weight is 1280 g/mol. The molecule has 87 heavy (non-hydrogen) atoms. The third kappa shape index (κ3) is 62.6. The largest absolute Gasteiger partial charge is 0.472 e.